The SMILES string of the molecule is CC(C)(C)Oc1ccccc1S.O=C1C=C(N2CC2)C(=O)C(N2CC2)=C1N1CC1.O=S(=O)(O)c1c(F)c(F)c(F)c(F)c1F. The van der Waals surface area contributed by atoms with Gasteiger partial charge in [-0.2, -0.15) is 8.42 Å². The molecule has 0 radical (unpaired) electrons. The minimum atomic E-state index is -5.52. The maximum absolute atomic E-state index is 12.6. The van der Waals surface area contributed by atoms with Gasteiger partial charge >= 0.3 is 10.1 Å². The quantitative estimate of drug-likeness (QED) is 0.0937. The molecule has 9 nitrogen and oxygen atoms in total. The molecule has 3 heterocycles. The Morgan fingerprint density at radius 2 is 1.23 bits per heavy atom. The maximum Gasteiger partial charge on any atom is 0.300 e. The molecule has 6 rings (SSSR count). The summed E-state index contributed by atoms with van der Waals surface area (Å²) in [7, 11) is -5.52. The molecule has 44 heavy (non-hydrogen) atoms. The van der Waals surface area contributed by atoms with Gasteiger partial charge in [0.1, 0.15) is 22.7 Å². The lowest BCUT2D eigenvalue weighted by molar-refractivity contribution is -0.117. The second-order valence-electron chi connectivity index (χ2n) is 10.9. The van der Waals surface area contributed by atoms with Crippen LogP contribution in [-0.2, 0) is 19.7 Å². The molecule has 238 valence electrons. The Hall–Kier alpha value is -3.63. The van der Waals surface area contributed by atoms with E-state index in [0.717, 1.165) is 49.9 Å². The Morgan fingerprint density at radius 1 is 0.773 bits per heavy atom. The van der Waals surface area contributed by atoms with Crippen molar-refractivity contribution in [3.05, 3.63) is 76.5 Å². The second-order valence-corrected chi connectivity index (χ2v) is 12.8. The highest BCUT2D eigenvalue weighted by Crippen LogP contribution is 2.34. The number of hydrogen-bond donors (Lipinski definition) is 2. The van der Waals surface area contributed by atoms with Crippen LogP contribution in [0.5, 0.6) is 5.75 Å². The number of carbonyl (C=O) groups is 2. The van der Waals surface area contributed by atoms with Crippen LogP contribution in [0.4, 0.5) is 22.0 Å². The van der Waals surface area contributed by atoms with Crippen LogP contribution in [0, 0.1) is 29.1 Å². The number of ether oxygens (including phenoxy) is 1. The predicted octanol–water partition coefficient (Wildman–Crippen LogP) is 3.96. The van der Waals surface area contributed by atoms with Crippen molar-refractivity contribution in [1.29, 1.82) is 0 Å². The number of halogens is 5. The molecule has 1 aliphatic carbocycles. The Morgan fingerprint density at radius 3 is 1.66 bits per heavy atom. The Labute approximate surface area is 255 Å². The van der Waals surface area contributed by atoms with E-state index < -0.39 is 44.1 Å². The molecular weight excluding hydrogens is 633 g/mol. The molecule has 2 aromatic carbocycles. The lowest BCUT2D eigenvalue weighted by atomic mass is 10.0. The average Bonchev–Trinajstić information content (AvgIpc) is 3.76. The van der Waals surface area contributed by atoms with Gasteiger partial charge in [0.15, 0.2) is 28.2 Å². The van der Waals surface area contributed by atoms with E-state index in [0.29, 0.717) is 17.1 Å². The summed E-state index contributed by atoms with van der Waals surface area (Å²) in [6.07, 6.45) is 1.52. The van der Waals surface area contributed by atoms with Crippen LogP contribution < -0.4 is 4.74 Å². The lowest BCUT2D eigenvalue weighted by Gasteiger charge is -2.22. The Kier molecular flexibility index (Phi) is 9.38. The van der Waals surface area contributed by atoms with Gasteiger partial charge in [0.25, 0.3) is 0 Å². The van der Waals surface area contributed by atoms with Crippen molar-refractivity contribution in [2.75, 3.05) is 39.3 Å². The molecule has 0 spiro atoms. The lowest BCUT2D eigenvalue weighted by Crippen LogP contribution is -2.29. The molecule has 0 amide bonds. The maximum atomic E-state index is 12.6. The number of ketones is 2. The number of Topliss-reactive ketones (excluding diaryl/α,β-unsaturated/α-hetero) is 1. The van der Waals surface area contributed by atoms with Crippen molar-refractivity contribution in [3.63, 3.8) is 0 Å². The van der Waals surface area contributed by atoms with Gasteiger partial charge < -0.3 is 19.4 Å². The van der Waals surface area contributed by atoms with Crippen molar-refractivity contribution in [2.24, 2.45) is 0 Å². The zero-order valence-electron chi connectivity index (χ0n) is 23.7. The first-order valence-corrected chi connectivity index (χ1v) is 15.1. The minimum Gasteiger partial charge on any atom is -0.487 e. The van der Waals surface area contributed by atoms with Crippen molar-refractivity contribution in [3.8, 4) is 5.75 Å². The van der Waals surface area contributed by atoms with E-state index in [1.165, 1.54) is 6.08 Å². The first-order chi connectivity index (χ1) is 20.4. The number of para-hydroxylation sites is 1. The Balaban J connectivity index is 0.000000154. The highest BCUT2D eigenvalue weighted by molar-refractivity contribution is 7.85. The highest BCUT2D eigenvalue weighted by Gasteiger charge is 2.43. The zero-order chi connectivity index (χ0) is 32.7. The van der Waals surface area contributed by atoms with Crippen LogP contribution in [0.1, 0.15) is 20.8 Å². The highest BCUT2D eigenvalue weighted by atomic mass is 32.2. The molecule has 4 aliphatic rings. The summed E-state index contributed by atoms with van der Waals surface area (Å²) in [5.41, 5.74) is 1.73. The molecule has 1 N–H and O–H groups in total. The monoisotopic (exact) mass is 661 g/mol. The first kappa shape index (κ1) is 33.3. The summed E-state index contributed by atoms with van der Waals surface area (Å²) in [5, 5.41) is 0. The van der Waals surface area contributed by atoms with Gasteiger partial charge in [0.2, 0.25) is 17.4 Å². The van der Waals surface area contributed by atoms with Crippen molar-refractivity contribution >= 4 is 34.3 Å². The van der Waals surface area contributed by atoms with E-state index >= 15 is 0 Å². The van der Waals surface area contributed by atoms with Crippen LogP contribution in [0.15, 0.2) is 57.2 Å². The third kappa shape index (κ3) is 7.71. The molecule has 0 atom stereocenters. The molecule has 0 unspecified atom stereocenters. The number of rotatable bonds is 5. The van der Waals surface area contributed by atoms with Gasteiger partial charge in [0.05, 0.1) is 5.70 Å². The average molecular weight is 662 g/mol. The minimum absolute atomic E-state index is 0.00546. The van der Waals surface area contributed by atoms with Gasteiger partial charge in [0, 0.05) is 50.2 Å². The second kappa shape index (κ2) is 12.4. The van der Waals surface area contributed by atoms with E-state index in [4.69, 9.17) is 9.29 Å². The van der Waals surface area contributed by atoms with E-state index in [2.05, 4.69) is 12.6 Å². The van der Waals surface area contributed by atoms with E-state index in [1.807, 2.05) is 59.7 Å². The molecule has 0 saturated carbocycles. The number of hydrogen-bond acceptors (Lipinski definition) is 9. The van der Waals surface area contributed by atoms with E-state index in [-0.39, 0.29) is 17.2 Å². The number of allylic oxidation sites excluding steroid dienone is 1. The molecular formula is C28H28F5N3O6S2. The first-order valence-electron chi connectivity index (χ1n) is 13.2. The molecule has 0 bridgehead atoms. The predicted molar refractivity (Wildman–Crippen MR) is 150 cm³/mol. The van der Waals surface area contributed by atoms with Gasteiger partial charge in [-0.15, -0.1) is 12.6 Å². The summed E-state index contributed by atoms with van der Waals surface area (Å²) in [6.45, 7) is 11.5. The summed E-state index contributed by atoms with van der Waals surface area (Å²) < 4.78 is 97.0. The topological polar surface area (TPSA) is 107 Å². The molecule has 3 saturated heterocycles. The van der Waals surface area contributed by atoms with Crippen LogP contribution >= 0.6 is 12.6 Å². The fraction of sp³-hybridized carbons (Fsp3) is 0.357. The molecule has 3 fully saturated rings. The summed E-state index contributed by atoms with van der Waals surface area (Å²) in [5.74, 6) is -11.7. The zero-order valence-corrected chi connectivity index (χ0v) is 25.4. The number of thiol groups is 1. The van der Waals surface area contributed by atoms with E-state index in [1.54, 1.807) is 0 Å². The number of carbonyl (C=O) groups excluding carboxylic acids is 2. The van der Waals surface area contributed by atoms with Gasteiger partial charge in [-0.1, -0.05) is 12.1 Å². The van der Waals surface area contributed by atoms with Gasteiger partial charge in [-0.25, -0.2) is 22.0 Å². The molecule has 0 aromatic heterocycles. The van der Waals surface area contributed by atoms with Crippen LogP contribution in [0.3, 0.4) is 0 Å². The number of nitrogens with zero attached hydrogens (tertiary/aromatic N) is 3. The smallest absolute Gasteiger partial charge is 0.300 e. The van der Waals surface area contributed by atoms with Crippen LogP contribution in [0.25, 0.3) is 0 Å². The van der Waals surface area contributed by atoms with E-state index in [9.17, 15) is 40.0 Å². The van der Waals surface area contributed by atoms with Crippen molar-refractivity contribution in [1.82, 2.24) is 14.7 Å². The summed E-state index contributed by atoms with van der Waals surface area (Å²) in [6, 6.07) is 7.73. The third-order valence-corrected chi connectivity index (χ3v) is 7.44. The largest absolute Gasteiger partial charge is 0.487 e. The normalized spacial score (nSPS) is 17.4. The van der Waals surface area contributed by atoms with Crippen LogP contribution in [0.2, 0.25) is 0 Å². The Bertz CT molecular complexity index is 1650. The molecule has 2 aromatic rings. The van der Waals surface area contributed by atoms with Gasteiger partial charge in [-0.05, 0) is 32.9 Å². The van der Waals surface area contributed by atoms with Crippen molar-refractivity contribution in [2.45, 2.75) is 36.2 Å². The van der Waals surface area contributed by atoms with Crippen LogP contribution in [-0.4, -0.2) is 84.1 Å². The fourth-order valence-electron chi connectivity index (χ4n) is 3.96. The van der Waals surface area contributed by atoms with Crippen molar-refractivity contribution < 1.29 is 49.2 Å². The molecule has 3 aliphatic heterocycles. The van der Waals surface area contributed by atoms with Gasteiger partial charge in [-0.3, -0.25) is 14.1 Å². The number of benzene rings is 2. The third-order valence-electron chi connectivity index (χ3n) is 6.20. The standard InChI is InChI=1S/C12H13N3O2.C10H14OS.C6HF5O3S/c16-9-7-8(13-1-2-13)12(17)11(15-5-6-15)10(9)14-3-4-14;1-10(2,3)11-8-6-4-5-7-9(8)12;7-1-2(8)4(10)6(15(12,13)14)5(11)3(1)9/h7H,1-6H2;4-7,12H,1-3H3;(H,12,13,14). The summed E-state index contributed by atoms with van der Waals surface area (Å²) >= 11 is 4.28. The fourth-order valence-corrected chi connectivity index (χ4v) is 4.80. The summed E-state index contributed by atoms with van der Waals surface area (Å²) in [4.78, 5) is 29.1. The molecule has 16 heteroatoms.